The first kappa shape index (κ1) is 16.8. The molecule has 0 saturated heterocycles. The Morgan fingerprint density at radius 3 is 2.72 bits per heavy atom. The van der Waals surface area contributed by atoms with Gasteiger partial charge in [-0.25, -0.2) is 4.98 Å². The Bertz CT molecular complexity index is 856. The molecule has 3 rings (SSSR count). The summed E-state index contributed by atoms with van der Waals surface area (Å²) < 4.78 is 12.6. The summed E-state index contributed by atoms with van der Waals surface area (Å²) in [6.45, 7) is 2.86. The minimum Gasteiger partial charge on any atom is -0.497 e. The first-order chi connectivity index (χ1) is 12.1. The first-order valence-electron chi connectivity index (χ1n) is 8.12. The van der Waals surface area contributed by atoms with Crippen LogP contribution in [0.1, 0.15) is 11.3 Å². The Labute approximate surface area is 146 Å². The van der Waals surface area contributed by atoms with E-state index >= 15 is 0 Å². The number of amides is 1. The van der Waals surface area contributed by atoms with Crippen molar-refractivity contribution in [2.75, 3.05) is 20.3 Å². The summed E-state index contributed by atoms with van der Waals surface area (Å²) in [4.78, 5) is 16.5. The number of hydrogen-bond donors (Lipinski definition) is 1. The van der Waals surface area contributed by atoms with Crippen molar-refractivity contribution in [1.82, 2.24) is 14.7 Å². The maximum atomic E-state index is 12.0. The molecule has 6 heteroatoms. The number of nitrogens with zero attached hydrogens (tertiary/aromatic N) is 2. The summed E-state index contributed by atoms with van der Waals surface area (Å²) in [5, 5.41) is 2.84. The topological polar surface area (TPSA) is 64.9 Å². The Hall–Kier alpha value is -3.02. The van der Waals surface area contributed by atoms with Gasteiger partial charge in [0.2, 0.25) is 5.91 Å². The molecule has 0 bridgehead atoms. The molecular formula is C19H21N3O3. The smallest absolute Gasteiger partial charge is 0.226 e. The fourth-order valence-electron chi connectivity index (χ4n) is 2.48. The molecule has 130 valence electrons. The second-order valence-electron chi connectivity index (χ2n) is 5.75. The molecule has 2 aromatic heterocycles. The summed E-state index contributed by atoms with van der Waals surface area (Å²) in [6, 6.07) is 11.3. The highest BCUT2D eigenvalue weighted by atomic mass is 16.5. The van der Waals surface area contributed by atoms with Gasteiger partial charge in [0, 0.05) is 12.4 Å². The van der Waals surface area contributed by atoms with Gasteiger partial charge in [-0.05, 0) is 48.9 Å². The van der Waals surface area contributed by atoms with E-state index in [1.54, 1.807) is 7.11 Å². The zero-order valence-corrected chi connectivity index (χ0v) is 14.4. The van der Waals surface area contributed by atoms with E-state index in [1.165, 1.54) is 0 Å². The molecule has 6 nitrogen and oxygen atoms in total. The monoisotopic (exact) mass is 339 g/mol. The highest BCUT2D eigenvalue weighted by molar-refractivity contribution is 5.78. The molecule has 1 N–H and O–H groups in total. The largest absolute Gasteiger partial charge is 0.497 e. The number of carbonyl (C=O) groups excluding carboxylic acids is 1. The van der Waals surface area contributed by atoms with Crippen molar-refractivity contribution in [3.63, 3.8) is 0 Å². The summed E-state index contributed by atoms with van der Waals surface area (Å²) >= 11 is 0. The Morgan fingerprint density at radius 1 is 1.20 bits per heavy atom. The number of benzene rings is 1. The van der Waals surface area contributed by atoms with Crippen LogP contribution in [-0.4, -0.2) is 35.6 Å². The van der Waals surface area contributed by atoms with Crippen molar-refractivity contribution in [2.45, 2.75) is 13.3 Å². The van der Waals surface area contributed by atoms with E-state index in [-0.39, 0.29) is 12.3 Å². The molecule has 0 saturated carbocycles. The average molecular weight is 339 g/mol. The Balaban J connectivity index is 1.44. The van der Waals surface area contributed by atoms with Crippen LogP contribution in [0.2, 0.25) is 0 Å². The molecule has 3 aromatic rings. The summed E-state index contributed by atoms with van der Waals surface area (Å²) in [6.07, 6.45) is 4.08. The molecule has 0 aliphatic rings. The molecule has 2 heterocycles. The van der Waals surface area contributed by atoms with Crippen LogP contribution >= 0.6 is 0 Å². The van der Waals surface area contributed by atoms with Crippen LogP contribution in [0.25, 0.3) is 5.65 Å². The average Bonchev–Trinajstić information content (AvgIpc) is 3.00. The second-order valence-corrected chi connectivity index (χ2v) is 5.75. The van der Waals surface area contributed by atoms with Gasteiger partial charge in [0.15, 0.2) is 0 Å². The number of imidazole rings is 1. The number of ether oxygens (including phenoxy) is 2. The van der Waals surface area contributed by atoms with Gasteiger partial charge in [-0.1, -0.05) is 0 Å². The van der Waals surface area contributed by atoms with E-state index in [2.05, 4.69) is 10.3 Å². The lowest BCUT2D eigenvalue weighted by Crippen LogP contribution is -2.29. The van der Waals surface area contributed by atoms with Gasteiger partial charge in [-0.15, -0.1) is 0 Å². The van der Waals surface area contributed by atoms with Crippen LogP contribution in [0.3, 0.4) is 0 Å². The molecule has 1 amide bonds. The fraction of sp³-hybridized carbons (Fsp3) is 0.263. The van der Waals surface area contributed by atoms with Crippen LogP contribution in [0.4, 0.5) is 0 Å². The molecule has 0 spiro atoms. The van der Waals surface area contributed by atoms with Crippen molar-refractivity contribution < 1.29 is 14.3 Å². The standard InChI is InChI=1S/C19H21N3O3/c1-14-7-9-22-13-15(21-18(22)11-14)12-19(23)20-8-10-25-17-5-3-16(24-2)4-6-17/h3-7,9,11,13H,8,10,12H2,1-2H3,(H,20,23). The van der Waals surface area contributed by atoms with Crippen molar-refractivity contribution >= 4 is 11.6 Å². The minimum absolute atomic E-state index is 0.0709. The SMILES string of the molecule is COc1ccc(OCCNC(=O)Cc2cn3ccc(C)cc3n2)cc1. The minimum atomic E-state index is -0.0709. The number of aromatic nitrogens is 2. The Morgan fingerprint density at radius 2 is 1.96 bits per heavy atom. The molecule has 1 aromatic carbocycles. The van der Waals surface area contributed by atoms with E-state index < -0.39 is 0 Å². The van der Waals surface area contributed by atoms with E-state index in [9.17, 15) is 4.79 Å². The molecule has 0 radical (unpaired) electrons. The molecule has 0 fully saturated rings. The van der Waals surface area contributed by atoms with Gasteiger partial charge in [-0.3, -0.25) is 4.79 Å². The number of fused-ring (bicyclic) bond motifs is 1. The number of aryl methyl sites for hydroxylation is 1. The molecule has 0 unspecified atom stereocenters. The predicted molar refractivity (Wildman–Crippen MR) is 95.1 cm³/mol. The van der Waals surface area contributed by atoms with Gasteiger partial charge >= 0.3 is 0 Å². The molecule has 0 atom stereocenters. The van der Waals surface area contributed by atoms with E-state index in [0.29, 0.717) is 13.2 Å². The van der Waals surface area contributed by atoms with Crippen molar-refractivity contribution in [3.8, 4) is 11.5 Å². The third-order valence-corrected chi connectivity index (χ3v) is 3.76. The van der Waals surface area contributed by atoms with Crippen LogP contribution in [-0.2, 0) is 11.2 Å². The van der Waals surface area contributed by atoms with Gasteiger partial charge < -0.3 is 19.2 Å². The quantitative estimate of drug-likeness (QED) is 0.671. The maximum absolute atomic E-state index is 12.0. The van der Waals surface area contributed by atoms with E-state index in [0.717, 1.165) is 28.4 Å². The highest BCUT2D eigenvalue weighted by Crippen LogP contribution is 2.16. The number of methoxy groups -OCH3 is 1. The zero-order chi connectivity index (χ0) is 17.6. The molecule has 0 aliphatic heterocycles. The van der Waals surface area contributed by atoms with E-state index in [1.807, 2.05) is 60.1 Å². The maximum Gasteiger partial charge on any atom is 0.226 e. The molecule has 25 heavy (non-hydrogen) atoms. The van der Waals surface area contributed by atoms with Crippen LogP contribution < -0.4 is 14.8 Å². The number of carbonyl (C=O) groups is 1. The van der Waals surface area contributed by atoms with Crippen molar-refractivity contribution in [1.29, 1.82) is 0 Å². The van der Waals surface area contributed by atoms with Crippen LogP contribution in [0.15, 0.2) is 48.8 Å². The molecule has 0 aliphatic carbocycles. The predicted octanol–water partition coefficient (Wildman–Crippen LogP) is 2.39. The van der Waals surface area contributed by atoms with E-state index in [4.69, 9.17) is 9.47 Å². The lowest BCUT2D eigenvalue weighted by atomic mass is 10.3. The number of hydrogen-bond acceptors (Lipinski definition) is 4. The van der Waals surface area contributed by atoms with Gasteiger partial charge in [-0.2, -0.15) is 0 Å². The highest BCUT2D eigenvalue weighted by Gasteiger charge is 2.07. The second kappa shape index (κ2) is 7.70. The lowest BCUT2D eigenvalue weighted by molar-refractivity contribution is -0.120. The number of nitrogens with one attached hydrogen (secondary N) is 1. The summed E-state index contributed by atoms with van der Waals surface area (Å²) in [5.41, 5.74) is 2.74. The lowest BCUT2D eigenvalue weighted by Gasteiger charge is -2.08. The molecular weight excluding hydrogens is 318 g/mol. The van der Waals surface area contributed by atoms with Gasteiger partial charge in [0.1, 0.15) is 23.8 Å². The third kappa shape index (κ3) is 4.50. The summed E-state index contributed by atoms with van der Waals surface area (Å²) in [7, 11) is 1.62. The van der Waals surface area contributed by atoms with Crippen molar-refractivity contribution in [2.24, 2.45) is 0 Å². The summed E-state index contributed by atoms with van der Waals surface area (Å²) in [5.74, 6) is 1.45. The van der Waals surface area contributed by atoms with Crippen molar-refractivity contribution in [3.05, 3.63) is 60.0 Å². The van der Waals surface area contributed by atoms with Gasteiger partial charge in [0.05, 0.1) is 25.8 Å². The Kier molecular flexibility index (Phi) is 5.18. The van der Waals surface area contributed by atoms with Crippen LogP contribution in [0, 0.1) is 6.92 Å². The first-order valence-corrected chi connectivity index (χ1v) is 8.12. The normalized spacial score (nSPS) is 10.6. The number of rotatable bonds is 7. The van der Waals surface area contributed by atoms with Crippen LogP contribution in [0.5, 0.6) is 11.5 Å². The number of pyridine rings is 1. The zero-order valence-electron chi connectivity index (χ0n) is 14.4. The third-order valence-electron chi connectivity index (χ3n) is 3.76. The fourth-order valence-corrected chi connectivity index (χ4v) is 2.48. The van der Waals surface area contributed by atoms with Gasteiger partial charge in [0.25, 0.3) is 0 Å².